The number of nitro groups is 1. The van der Waals surface area contributed by atoms with Crippen molar-refractivity contribution in [3.8, 4) is 11.4 Å². The van der Waals surface area contributed by atoms with Crippen LogP contribution in [-0.2, 0) is 6.54 Å². The van der Waals surface area contributed by atoms with Crippen molar-refractivity contribution in [1.29, 1.82) is 0 Å². The van der Waals surface area contributed by atoms with Crippen molar-refractivity contribution < 1.29 is 14.2 Å². The monoisotopic (exact) mass is 400 g/mol. The Morgan fingerprint density at radius 2 is 1.96 bits per heavy atom. The van der Waals surface area contributed by atoms with Gasteiger partial charge in [-0.3, -0.25) is 14.9 Å². The summed E-state index contributed by atoms with van der Waals surface area (Å²) in [7, 11) is 0. The second kappa shape index (κ2) is 8.18. The zero-order chi connectivity index (χ0) is 20.3. The maximum atomic E-state index is 13.0. The summed E-state index contributed by atoms with van der Waals surface area (Å²) in [5.74, 6) is 0.327. The molecule has 0 bridgehead atoms. The van der Waals surface area contributed by atoms with Gasteiger partial charge in [0.1, 0.15) is 6.54 Å². The molecule has 28 heavy (non-hydrogen) atoms. The van der Waals surface area contributed by atoms with Crippen LogP contribution in [0.3, 0.4) is 0 Å². The van der Waals surface area contributed by atoms with Crippen molar-refractivity contribution in [2.45, 2.75) is 26.4 Å². The second-order valence-electron chi connectivity index (χ2n) is 6.33. The highest BCUT2D eigenvalue weighted by atomic mass is 35.5. The molecule has 0 unspecified atom stereocenters. The number of hydrogen-bond acceptors (Lipinski definition) is 6. The molecule has 0 radical (unpaired) electrons. The van der Waals surface area contributed by atoms with Gasteiger partial charge < -0.3 is 9.42 Å². The Morgan fingerprint density at radius 3 is 2.57 bits per heavy atom. The molecule has 1 heterocycles. The number of aromatic nitrogens is 2. The molecule has 3 aromatic rings. The Balaban J connectivity index is 1.83. The largest absolute Gasteiger partial charge is 0.337 e. The van der Waals surface area contributed by atoms with Crippen LogP contribution in [0.1, 0.15) is 30.1 Å². The van der Waals surface area contributed by atoms with E-state index in [1.54, 1.807) is 0 Å². The number of benzene rings is 2. The summed E-state index contributed by atoms with van der Waals surface area (Å²) in [6.07, 6.45) is 0. The van der Waals surface area contributed by atoms with E-state index < -0.39 is 4.92 Å². The molecule has 8 nitrogen and oxygen atoms in total. The number of nitro benzene ring substituents is 1. The highest BCUT2D eigenvalue weighted by Gasteiger charge is 2.25. The molecular formula is C19H17ClN4O4. The number of carbonyl (C=O) groups is 1. The molecule has 0 aliphatic rings. The smallest absolute Gasteiger partial charge is 0.270 e. The van der Waals surface area contributed by atoms with Crippen LogP contribution in [0.15, 0.2) is 53.1 Å². The first kappa shape index (κ1) is 19.5. The maximum absolute atomic E-state index is 13.0. The van der Waals surface area contributed by atoms with Gasteiger partial charge in [0.2, 0.25) is 11.7 Å². The van der Waals surface area contributed by atoms with Gasteiger partial charge in [0.25, 0.3) is 11.6 Å². The van der Waals surface area contributed by atoms with E-state index in [-0.39, 0.29) is 40.7 Å². The van der Waals surface area contributed by atoms with Gasteiger partial charge in [-0.2, -0.15) is 4.98 Å². The molecule has 144 valence electrons. The Labute approximate surface area is 165 Å². The Hall–Kier alpha value is -3.26. The fourth-order valence-corrected chi connectivity index (χ4v) is 2.86. The number of hydrogen-bond donors (Lipinski definition) is 0. The number of nitrogens with zero attached hydrogens (tertiary/aromatic N) is 4. The molecule has 1 aromatic heterocycles. The second-order valence-corrected chi connectivity index (χ2v) is 6.73. The van der Waals surface area contributed by atoms with E-state index in [1.165, 1.54) is 17.0 Å². The summed E-state index contributed by atoms with van der Waals surface area (Å²) >= 11 is 6.10. The lowest BCUT2D eigenvalue weighted by molar-refractivity contribution is -0.384. The topological polar surface area (TPSA) is 102 Å². The van der Waals surface area contributed by atoms with Crippen molar-refractivity contribution in [3.05, 3.63) is 75.1 Å². The van der Waals surface area contributed by atoms with Gasteiger partial charge in [-0.15, -0.1) is 0 Å². The van der Waals surface area contributed by atoms with Crippen LogP contribution in [0, 0.1) is 10.1 Å². The number of non-ortho nitro benzene ring substituents is 1. The quantitative estimate of drug-likeness (QED) is 0.450. The van der Waals surface area contributed by atoms with E-state index in [4.69, 9.17) is 16.1 Å². The lowest BCUT2D eigenvalue weighted by atomic mass is 10.1. The lowest BCUT2D eigenvalue weighted by Gasteiger charge is -2.25. The normalized spacial score (nSPS) is 10.9. The van der Waals surface area contributed by atoms with Crippen LogP contribution in [0.25, 0.3) is 11.4 Å². The van der Waals surface area contributed by atoms with Crippen molar-refractivity contribution >= 4 is 23.2 Å². The summed E-state index contributed by atoms with van der Waals surface area (Å²) in [5, 5.41) is 14.8. The third-order valence-electron chi connectivity index (χ3n) is 4.08. The van der Waals surface area contributed by atoms with Crippen molar-refractivity contribution in [2.24, 2.45) is 0 Å². The zero-order valence-corrected chi connectivity index (χ0v) is 16.0. The van der Waals surface area contributed by atoms with E-state index in [9.17, 15) is 14.9 Å². The fourth-order valence-electron chi connectivity index (χ4n) is 2.60. The first-order valence-electron chi connectivity index (χ1n) is 8.49. The van der Waals surface area contributed by atoms with Gasteiger partial charge in [0, 0.05) is 23.7 Å². The van der Waals surface area contributed by atoms with Crippen LogP contribution < -0.4 is 0 Å². The summed E-state index contributed by atoms with van der Waals surface area (Å²) in [5.41, 5.74) is 0.796. The molecule has 0 saturated carbocycles. The predicted octanol–water partition coefficient (Wildman–Crippen LogP) is 4.35. The van der Waals surface area contributed by atoms with Gasteiger partial charge >= 0.3 is 0 Å². The van der Waals surface area contributed by atoms with Crippen molar-refractivity contribution in [3.63, 3.8) is 0 Å². The Kier molecular flexibility index (Phi) is 5.70. The van der Waals surface area contributed by atoms with Crippen LogP contribution in [-0.4, -0.2) is 31.9 Å². The van der Waals surface area contributed by atoms with Crippen LogP contribution >= 0.6 is 11.6 Å². The molecule has 0 spiro atoms. The molecule has 2 aromatic carbocycles. The maximum Gasteiger partial charge on any atom is 0.270 e. The average molecular weight is 401 g/mol. The molecule has 0 N–H and O–H groups in total. The van der Waals surface area contributed by atoms with Crippen molar-refractivity contribution in [2.75, 3.05) is 0 Å². The van der Waals surface area contributed by atoms with Gasteiger partial charge in [0.15, 0.2) is 0 Å². The van der Waals surface area contributed by atoms with E-state index in [0.29, 0.717) is 5.82 Å². The average Bonchev–Trinajstić information content (AvgIpc) is 3.14. The Bertz CT molecular complexity index is 1000. The minimum atomic E-state index is -0.566. The van der Waals surface area contributed by atoms with Crippen LogP contribution in [0.4, 0.5) is 5.69 Å². The zero-order valence-electron chi connectivity index (χ0n) is 15.2. The number of rotatable bonds is 6. The van der Waals surface area contributed by atoms with E-state index in [1.807, 2.05) is 44.2 Å². The minimum Gasteiger partial charge on any atom is -0.337 e. The molecule has 0 atom stereocenters. The van der Waals surface area contributed by atoms with Gasteiger partial charge in [-0.25, -0.2) is 0 Å². The molecule has 0 aliphatic carbocycles. The standard InChI is InChI=1S/C19H17ClN4O4/c1-12(2)23(19(25)15-9-8-14(24(26)27)10-16(15)20)11-17-21-18(22-28-17)13-6-4-3-5-7-13/h3-10,12H,11H2,1-2H3. The van der Waals surface area contributed by atoms with Crippen molar-refractivity contribution in [1.82, 2.24) is 15.0 Å². The fraction of sp³-hybridized carbons (Fsp3) is 0.211. The molecule has 0 aliphatic heterocycles. The summed E-state index contributed by atoms with van der Waals surface area (Å²) in [4.78, 5) is 29.1. The van der Waals surface area contributed by atoms with Gasteiger partial charge in [-0.1, -0.05) is 47.1 Å². The third-order valence-corrected chi connectivity index (χ3v) is 4.40. The summed E-state index contributed by atoms with van der Waals surface area (Å²) in [6.45, 7) is 3.76. The molecule has 9 heteroatoms. The molecule has 0 fully saturated rings. The first-order valence-corrected chi connectivity index (χ1v) is 8.87. The minimum absolute atomic E-state index is 0.0142. The summed E-state index contributed by atoms with van der Waals surface area (Å²) < 4.78 is 5.29. The lowest BCUT2D eigenvalue weighted by Crippen LogP contribution is -2.36. The predicted molar refractivity (Wildman–Crippen MR) is 103 cm³/mol. The molecular weight excluding hydrogens is 384 g/mol. The first-order chi connectivity index (χ1) is 13.4. The number of amides is 1. The molecule has 1 amide bonds. The Morgan fingerprint density at radius 1 is 1.25 bits per heavy atom. The van der Waals surface area contributed by atoms with E-state index in [2.05, 4.69) is 10.1 Å². The molecule has 3 rings (SSSR count). The van der Waals surface area contributed by atoms with Crippen LogP contribution in [0.5, 0.6) is 0 Å². The third kappa shape index (κ3) is 4.17. The van der Waals surface area contributed by atoms with E-state index >= 15 is 0 Å². The number of carbonyl (C=O) groups excluding carboxylic acids is 1. The molecule has 0 saturated heterocycles. The van der Waals surface area contributed by atoms with Gasteiger partial charge in [-0.05, 0) is 19.9 Å². The van der Waals surface area contributed by atoms with Gasteiger partial charge in [0.05, 0.1) is 15.5 Å². The SMILES string of the molecule is CC(C)N(Cc1nc(-c2ccccc2)no1)C(=O)c1ccc([N+](=O)[O-])cc1Cl. The van der Waals surface area contributed by atoms with E-state index in [0.717, 1.165) is 11.6 Å². The van der Waals surface area contributed by atoms with Crippen LogP contribution in [0.2, 0.25) is 5.02 Å². The summed E-state index contributed by atoms with van der Waals surface area (Å²) in [6, 6.07) is 12.9. The highest BCUT2D eigenvalue weighted by molar-refractivity contribution is 6.34. The highest BCUT2D eigenvalue weighted by Crippen LogP contribution is 2.25. The number of halogens is 1.